The van der Waals surface area contributed by atoms with Crippen LogP contribution in [0.3, 0.4) is 0 Å². The van der Waals surface area contributed by atoms with Crippen molar-refractivity contribution in [1.29, 1.82) is 5.26 Å². The zero-order valence-electron chi connectivity index (χ0n) is 18.3. The Bertz CT molecular complexity index is 1310. The Morgan fingerprint density at radius 1 is 1.33 bits per heavy atom. The molecule has 33 heavy (non-hydrogen) atoms. The number of aromatic nitrogens is 3. The van der Waals surface area contributed by atoms with E-state index in [2.05, 4.69) is 22.3 Å². The van der Waals surface area contributed by atoms with Gasteiger partial charge >= 0.3 is 0 Å². The molecular formula is C24H23FN6O2. The number of piperidine rings is 1. The summed E-state index contributed by atoms with van der Waals surface area (Å²) >= 11 is 0. The first-order valence-electron chi connectivity index (χ1n) is 10.8. The van der Waals surface area contributed by atoms with Crippen LogP contribution in [-0.4, -0.2) is 44.5 Å². The van der Waals surface area contributed by atoms with Crippen LogP contribution >= 0.6 is 0 Å². The third-order valence-electron chi connectivity index (χ3n) is 6.10. The van der Waals surface area contributed by atoms with Gasteiger partial charge in [0.15, 0.2) is 5.82 Å². The molecule has 5 rings (SSSR count). The molecule has 168 valence electrons. The number of nitrogens with zero attached hydrogens (tertiary/aromatic N) is 5. The fourth-order valence-electron chi connectivity index (χ4n) is 4.92. The van der Waals surface area contributed by atoms with Crippen molar-refractivity contribution in [2.45, 2.75) is 32.4 Å². The molecule has 1 saturated heterocycles. The molecule has 1 aromatic carbocycles. The number of nitrogens with one attached hydrogen (secondary N) is 1. The number of benzene rings is 1. The van der Waals surface area contributed by atoms with Gasteiger partial charge in [0.1, 0.15) is 5.82 Å². The minimum atomic E-state index is -0.815. The van der Waals surface area contributed by atoms with Gasteiger partial charge in [-0.05, 0) is 37.5 Å². The van der Waals surface area contributed by atoms with Crippen molar-refractivity contribution in [1.82, 2.24) is 20.1 Å². The van der Waals surface area contributed by atoms with E-state index in [4.69, 9.17) is 0 Å². The number of anilines is 1. The van der Waals surface area contributed by atoms with Crippen molar-refractivity contribution in [3.05, 3.63) is 59.2 Å². The van der Waals surface area contributed by atoms with Crippen LogP contribution in [0, 0.1) is 23.1 Å². The van der Waals surface area contributed by atoms with E-state index in [0.29, 0.717) is 35.2 Å². The summed E-state index contributed by atoms with van der Waals surface area (Å²) < 4.78 is 16.3. The number of β-amino-alcohol motifs (C(OH)–C–C–N with tert-alkyl or cyclic N) is 1. The second-order valence-corrected chi connectivity index (χ2v) is 9.11. The lowest BCUT2D eigenvalue weighted by molar-refractivity contribution is 0.0282. The quantitative estimate of drug-likeness (QED) is 0.641. The monoisotopic (exact) mass is 446 g/mol. The molecule has 1 amide bonds. The number of pyridine rings is 1. The van der Waals surface area contributed by atoms with E-state index < -0.39 is 11.4 Å². The zero-order valence-corrected chi connectivity index (χ0v) is 18.3. The summed E-state index contributed by atoms with van der Waals surface area (Å²) in [5, 5.41) is 27.5. The third-order valence-corrected chi connectivity index (χ3v) is 6.10. The van der Waals surface area contributed by atoms with Crippen molar-refractivity contribution in [2.24, 2.45) is 5.92 Å². The Morgan fingerprint density at radius 2 is 2.15 bits per heavy atom. The third kappa shape index (κ3) is 3.72. The van der Waals surface area contributed by atoms with Crippen LogP contribution in [0.4, 0.5) is 10.2 Å². The van der Waals surface area contributed by atoms with Crippen molar-refractivity contribution in [3.63, 3.8) is 0 Å². The maximum absolute atomic E-state index is 14.7. The first-order valence-corrected chi connectivity index (χ1v) is 10.8. The molecule has 9 heteroatoms. The molecule has 2 N–H and O–H groups in total. The number of fused-ring (bicyclic) bond motifs is 1. The number of aliphatic hydroxyl groups is 1. The van der Waals surface area contributed by atoms with Crippen LogP contribution < -0.4 is 10.2 Å². The minimum Gasteiger partial charge on any atom is -0.388 e. The van der Waals surface area contributed by atoms with Crippen molar-refractivity contribution >= 4 is 11.7 Å². The number of amides is 1. The van der Waals surface area contributed by atoms with E-state index in [0.717, 1.165) is 13.0 Å². The fraction of sp³-hybridized carbons (Fsp3) is 0.333. The Labute approximate surface area is 190 Å². The highest BCUT2D eigenvalue weighted by atomic mass is 19.1. The summed E-state index contributed by atoms with van der Waals surface area (Å²) in [4.78, 5) is 19.1. The van der Waals surface area contributed by atoms with Gasteiger partial charge in [0.05, 0.1) is 52.0 Å². The van der Waals surface area contributed by atoms with Gasteiger partial charge in [-0.2, -0.15) is 10.4 Å². The molecule has 0 saturated carbocycles. The second kappa shape index (κ2) is 7.67. The number of nitriles is 1. The molecule has 2 aromatic heterocycles. The molecule has 0 bridgehead atoms. The van der Waals surface area contributed by atoms with Crippen molar-refractivity contribution in [2.75, 3.05) is 18.0 Å². The maximum atomic E-state index is 14.7. The summed E-state index contributed by atoms with van der Waals surface area (Å²) in [6.45, 7) is 5.33. The van der Waals surface area contributed by atoms with Gasteiger partial charge < -0.3 is 15.3 Å². The van der Waals surface area contributed by atoms with E-state index >= 15 is 0 Å². The minimum absolute atomic E-state index is 0.0941. The number of hydrogen-bond donors (Lipinski definition) is 2. The standard InChI is InChI=1S/C24H23FN6O2/c1-14-9-24(2,33)13-30(12-14)20-6-7-31(29-20)19-8-17(28-18-11-27-23(32)22(18)19)21-15(10-26)4-3-5-16(21)25/h3-8,14,33H,9,11-13H2,1-2H3,(H,27,32)/t14-,24+/m1/s1. The molecule has 2 aliphatic heterocycles. The molecule has 0 radical (unpaired) electrons. The fourth-order valence-corrected chi connectivity index (χ4v) is 4.92. The summed E-state index contributed by atoms with van der Waals surface area (Å²) in [5.74, 6) is 0.137. The summed E-state index contributed by atoms with van der Waals surface area (Å²) in [7, 11) is 0. The molecule has 0 spiro atoms. The van der Waals surface area contributed by atoms with Gasteiger partial charge in [0, 0.05) is 25.4 Å². The maximum Gasteiger partial charge on any atom is 0.255 e. The largest absolute Gasteiger partial charge is 0.388 e. The van der Waals surface area contributed by atoms with Gasteiger partial charge in [0.2, 0.25) is 0 Å². The van der Waals surface area contributed by atoms with Gasteiger partial charge in [-0.3, -0.25) is 4.79 Å². The van der Waals surface area contributed by atoms with Gasteiger partial charge in [0.25, 0.3) is 5.91 Å². The number of carbonyl (C=O) groups excluding carboxylic acids is 1. The highest BCUT2D eigenvalue weighted by Gasteiger charge is 2.34. The number of rotatable bonds is 3. The predicted molar refractivity (Wildman–Crippen MR) is 119 cm³/mol. The van der Waals surface area contributed by atoms with E-state index in [1.165, 1.54) is 18.2 Å². The second-order valence-electron chi connectivity index (χ2n) is 9.11. The van der Waals surface area contributed by atoms with E-state index in [-0.39, 0.29) is 29.3 Å². The van der Waals surface area contributed by atoms with E-state index in [9.17, 15) is 19.6 Å². The molecule has 8 nitrogen and oxygen atoms in total. The van der Waals surface area contributed by atoms with Crippen LogP contribution in [0.2, 0.25) is 0 Å². The lowest BCUT2D eigenvalue weighted by atomic mass is 9.88. The molecule has 3 aromatic rings. The lowest BCUT2D eigenvalue weighted by Gasteiger charge is -2.40. The summed E-state index contributed by atoms with van der Waals surface area (Å²) in [6.07, 6.45) is 2.45. The number of halogens is 1. The molecule has 0 aliphatic carbocycles. The summed E-state index contributed by atoms with van der Waals surface area (Å²) in [5.41, 5.74) is 1.02. The highest BCUT2D eigenvalue weighted by Crippen LogP contribution is 2.33. The molecule has 2 aliphatic rings. The Kier molecular flexibility index (Phi) is 4.91. The Hall–Kier alpha value is -3.77. The first kappa shape index (κ1) is 21.1. The van der Waals surface area contributed by atoms with Gasteiger partial charge in [-0.15, -0.1) is 0 Å². The highest BCUT2D eigenvalue weighted by molar-refractivity contribution is 6.01. The van der Waals surface area contributed by atoms with E-state index in [1.54, 1.807) is 16.9 Å². The van der Waals surface area contributed by atoms with Crippen LogP contribution in [0.25, 0.3) is 16.9 Å². The molecular weight excluding hydrogens is 423 g/mol. The average Bonchev–Trinajstić information content (AvgIpc) is 3.39. The van der Waals surface area contributed by atoms with Crippen molar-refractivity contribution < 1.29 is 14.3 Å². The predicted octanol–water partition coefficient (Wildman–Crippen LogP) is 2.79. The van der Waals surface area contributed by atoms with Crippen LogP contribution in [0.15, 0.2) is 36.5 Å². The number of hydrogen-bond acceptors (Lipinski definition) is 6. The van der Waals surface area contributed by atoms with Crippen LogP contribution in [0.1, 0.15) is 41.9 Å². The number of carbonyl (C=O) groups is 1. The lowest BCUT2D eigenvalue weighted by Crippen LogP contribution is -2.49. The van der Waals surface area contributed by atoms with Crippen molar-refractivity contribution in [3.8, 4) is 23.0 Å². The molecule has 4 heterocycles. The van der Waals surface area contributed by atoms with E-state index in [1.807, 2.05) is 24.0 Å². The topological polar surface area (TPSA) is 107 Å². The van der Waals surface area contributed by atoms with Gasteiger partial charge in [-0.1, -0.05) is 13.0 Å². The Morgan fingerprint density at radius 3 is 2.91 bits per heavy atom. The normalized spacial score (nSPS) is 22.1. The van der Waals surface area contributed by atoms with Crippen LogP contribution in [0.5, 0.6) is 0 Å². The molecule has 2 atom stereocenters. The molecule has 0 unspecified atom stereocenters. The Balaban J connectivity index is 1.62. The molecule has 1 fully saturated rings. The zero-order chi connectivity index (χ0) is 23.3. The van der Waals surface area contributed by atoms with Gasteiger partial charge in [-0.25, -0.2) is 14.1 Å². The summed E-state index contributed by atoms with van der Waals surface area (Å²) in [6, 6.07) is 9.73. The SMILES string of the molecule is C[C@H]1CN(c2ccn(-c3cc(-c4c(F)cccc4C#N)nc4c3C(=O)NC4)n2)C[C@@](C)(O)C1. The smallest absolute Gasteiger partial charge is 0.255 e. The first-order chi connectivity index (χ1) is 15.8. The average molecular weight is 446 g/mol. The van der Waals surface area contributed by atoms with Crippen LogP contribution in [-0.2, 0) is 6.54 Å².